The van der Waals surface area contributed by atoms with Gasteiger partial charge in [0, 0.05) is 24.6 Å². The van der Waals surface area contributed by atoms with Crippen molar-refractivity contribution in [3.05, 3.63) is 41.9 Å². The fraction of sp³-hybridized carbons (Fsp3) is 0.357. The molecule has 4 nitrogen and oxygen atoms in total. The maximum absolute atomic E-state index is 5.91. The molecule has 2 rings (SSSR count). The van der Waals surface area contributed by atoms with E-state index in [2.05, 4.69) is 21.9 Å². The molecule has 94 valence electrons. The van der Waals surface area contributed by atoms with Crippen LogP contribution in [0, 0.1) is 6.92 Å². The van der Waals surface area contributed by atoms with E-state index in [0.29, 0.717) is 5.82 Å². The van der Waals surface area contributed by atoms with Crippen LogP contribution in [-0.4, -0.2) is 21.0 Å². The van der Waals surface area contributed by atoms with Gasteiger partial charge < -0.3 is 5.73 Å². The van der Waals surface area contributed by atoms with E-state index in [1.54, 1.807) is 6.20 Å². The van der Waals surface area contributed by atoms with E-state index < -0.39 is 0 Å². The molecule has 0 spiro atoms. The number of hydrogen-bond acceptors (Lipinski definition) is 4. The molecule has 0 fully saturated rings. The summed E-state index contributed by atoms with van der Waals surface area (Å²) in [5.41, 5.74) is 8.90. The highest BCUT2D eigenvalue weighted by Gasteiger charge is 2.07. The lowest BCUT2D eigenvalue weighted by molar-refractivity contribution is 0.643. The molecule has 0 aromatic carbocycles. The normalized spacial score (nSPS) is 12.4. The minimum atomic E-state index is 0.177. The van der Waals surface area contributed by atoms with Gasteiger partial charge in [0.25, 0.3) is 0 Å². The Morgan fingerprint density at radius 1 is 1.22 bits per heavy atom. The van der Waals surface area contributed by atoms with Gasteiger partial charge in [0.1, 0.15) is 5.69 Å². The standard InChI is InChI=1S/C14H18N4/c1-3-12(15)7-11-8-17-14(18-9-11)13-10(2)5-4-6-16-13/h4-6,8-9,12H,3,7,15H2,1-2H3. The lowest BCUT2D eigenvalue weighted by Crippen LogP contribution is -2.21. The summed E-state index contributed by atoms with van der Waals surface area (Å²) in [5.74, 6) is 0.668. The number of aromatic nitrogens is 3. The first-order chi connectivity index (χ1) is 8.70. The number of hydrogen-bond donors (Lipinski definition) is 1. The van der Waals surface area contributed by atoms with Crippen molar-refractivity contribution in [3.63, 3.8) is 0 Å². The van der Waals surface area contributed by atoms with Crippen LogP contribution in [0.2, 0.25) is 0 Å². The van der Waals surface area contributed by atoms with Gasteiger partial charge in [-0.05, 0) is 37.0 Å². The van der Waals surface area contributed by atoms with Gasteiger partial charge in [-0.2, -0.15) is 0 Å². The molecule has 2 aromatic heterocycles. The van der Waals surface area contributed by atoms with E-state index in [1.807, 2.05) is 31.5 Å². The molecule has 0 aliphatic carbocycles. The first-order valence-electron chi connectivity index (χ1n) is 6.19. The van der Waals surface area contributed by atoms with Crippen LogP contribution in [-0.2, 0) is 6.42 Å². The molecule has 0 aliphatic rings. The highest BCUT2D eigenvalue weighted by Crippen LogP contribution is 2.15. The van der Waals surface area contributed by atoms with Gasteiger partial charge in [-0.25, -0.2) is 9.97 Å². The Balaban J connectivity index is 2.20. The zero-order chi connectivity index (χ0) is 13.0. The predicted octanol–water partition coefficient (Wildman–Crippen LogP) is 2.13. The van der Waals surface area contributed by atoms with Gasteiger partial charge in [-0.1, -0.05) is 13.0 Å². The first kappa shape index (κ1) is 12.6. The molecule has 0 saturated heterocycles. The molecule has 4 heteroatoms. The maximum atomic E-state index is 5.91. The molecule has 0 bridgehead atoms. The van der Waals surface area contributed by atoms with Gasteiger partial charge >= 0.3 is 0 Å². The monoisotopic (exact) mass is 242 g/mol. The highest BCUT2D eigenvalue weighted by atomic mass is 14.9. The van der Waals surface area contributed by atoms with Crippen molar-refractivity contribution in [2.24, 2.45) is 5.73 Å². The number of nitrogens with two attached hydrogens (primary N) is 1. The van der Waals surface area contributed by atoms with E-state index in [1.165, 1.54) is 0 Å². The third-order valence-electron chi connectivity index (χ3n) is 2.95. The number of nitrogens with zero attached hydrogens (tertiary/aromatic N) is 3. The van der Waals surface area contributed by atoms with E-state index >= 15 is 0 Å². The van der Waals surface area contributed by atoms with Crippen LogP contribution in [0.5, 0.6) is 0 Å². The van der Waals surface area contributed by atoms with Crippen LogP contribution in [0.15, 0.2) is 30.7 Å². The van der Waals surface area contributed by atoms with Gasteiger partial charge in [0.2, 0.25) is 0 Å². The fourth-order valence-electron chi connectivity index (χ4n) is 1.75. The molecule has 2 aromatic rings. The van der Waals surface area contributed by atoms with Gasteiger partial charge in [0.15, 0.2) is 5.82 Å². The topological polar surface area (TPSA) is 64.7 Å². The van der Waals surface area contributed by atoms with Crippen LogP contribution in [0.3, 0.4) is 0 Å². The van der Waals surface area contributed by atoms with Crippen molar-refractivity contribution in [1.82, 2.24) is 15.0 Å². The Kier molecular flexibility index (Phi) is 3.99. The largest absolute Gasteiger partial charge is 0.327 e. The quantitative estimate of drug-likeness (QED) is 0.892. The summed E-state index contributed by atoms with van der Waals surface area (Å²) in [4.78, 5) is 13.0. The number of aryl methyl sites for hydroxylation is 1. The predicted molar refractivity (Wildman–Crippen MR) is 72.0 cm³/mol. The average molecular weight is 242 g/mol. The summed E-state index contributed by atoms with van der Waals surface area (Å²) < 4.78 is 0. The van der Waals surface area contributed by atoms with Crippen molar-refractivity contribution < 1.29 is 0 Å². The Labute approximate surface area is 107 Å². The molecule has 1 unspecified atom stereocenters. The van der Waals surface area contributed by atoms with Crippen molar-refractivity contribution >= 4 is 0 Å². The lowest BCUT2D eigenvalue weighted by Gasteiger charge is -2.08. The van der Waals surface area contributed by atoms with E-state index in [-0.39, 0.29) is 6.04 Å². The SMILES string of the molecule is CCC(N)Cc1cnc(-c2ncccc2C)nc1. The molecule has 0 radical (unpaired) electrons. The van der Waals surface area contributed by atoms with Crippen LogP contribution < -0.4 is 5.73 Å². The summed E-state index contributed by atoms with van der Waals surface area (Å²) in [6.07, 6.45) is 7.21. The van der Waals surface area contributed by atoms with E-state index in [4.69, 9.17) is 5.73 Å². The van der Waals surface area contributed by atoms with Gasteiger partial charge in [-0.15, -0.1) is 0 Å². The Morgan fingerprint density at radius 3 is 2.56 bits per heavy atom. The van der Waals surface area contributed by atoms with Crippen LogP contribution in [0.1, 0.15) is 24.5 Å². The number of rotatable bonds is 4. The fourth-order valence-corrected chi connectivity index (χ4v) is 1.75. The van der Waals surface area contributed by atoms with Gasteiger partial charge in [0.05, 0.1) is 0 Å². The summed E-state index contributed by atoms with van der Waals surface area (Å²) in [5, 5.41) is 0. The van der Waals surface area contributed by atoms with Crippen molar-refractivity contribution in [1.29, 1.82) is 0 Å². The second-order valence-corrected chi connectivity index (χ2v) is 4.46. The van der Waals surface area contributed by atoms with Crippen LogP contribution in [0.4, 0.5) is 0 Å². The average Bonchev–Trinajstić information content (AvgIpc) is 2.40. The minimum absolute atomic E-state index is 0.177. The van der Waals surface area contributed by atoms with Crippen LogP contribution in [0.25, 0.3) is 11.5 Å². The minimum Gasteiger partial charge on any atom is -0.327 e. The Hall–Kier alpha value is -1.81. The molecule has 0 aliphatic heterocycles. The van der Waals surface area contributed by atoms with Crippen molar-refractivity contribution in [2.45, 2.75) is 32.7 Å². The second-order valence-electron chi connectivity index (χ2n) is 4.46. The third-order valence-corrected chi connectivity index (χ3v) is 2.95. The molecule has 18 heavy (non-hydrogen) atoms. The second kappa shape index (κ2) is 5.69. The van der Waals surface area contributed by atoms with Crippen molar-refractivity contribution in [3.8, 4) is 11.5 Å². The molecular weight excluding hydrogens is 224 g/mol. The number of pyridine rings is 1. The molecule has 0 saturated carbocycles. The van der Waals surface area contributed by atoms with E-state index in [9.17, 15) is 0 Å². The smallest absolute Gasteiger partial charge is 0.178 e. The zero-order valence-electron chi connectivity index (χ0n) is 10.8. The summed E-state index contributed by atoms with van der Waals surface area (Å²) in [6, 6.07) is 4.09. The molecule has 0 amide bonds. The van der Waals surface area contributed by atoms with E-state index in [0.717, 1.165) is 29.7 Å². The lowest BCUT2D eigenvalue weighted by atomic mass is 10.1. The third kappa shape index (κ3) is 2.90. The summed E-state index contributed by atoms with van der Waals surface area (Å²) >= 11 is 0. The maximum Gasteiger partial charge on any atom is 0.178 e. The van der Waals surface area contributed by atoms with Crippen LogP contribution >= 0.6 is 0 Å². The Morgan fingerprint density at radius 2 is 1.94 bits per heavy atom. The molecule has 2 N–H and O–H groups in total. The molecule has 2 heterocycles. The summed E-state index contributed by atoms with van der Waals surface area (Å²) in [7, 11) is 0. The zero-order valence-corrected chi connectivity index (χ0v) is 10.8. The van der Waals surface area contributed by atoms with Crippen molar-refractivity contribution in [2.75, 3.05) is 0 Å². The summed E-state index contributed by atoms with van der Waals surface area (Å²) in [6.45, 7) is 4.09. The molecule has 1 atom stereocenters. The molecular formula is C14H18N4. The Bertz CT molecular complexity index is 507. The van der Waals surface area contributed by atoms with Gasteiger partial charge in [-0.3, -0.25) is 4.98 Å². The highest BCUT2D eigenvalue weighted by molar-refractivity contribution is 5.53. The first-order valence-corrected chi connectivity index (χ1v) is 6.19.